The molecule has 0 fully saturated rings. The van der Waals surface area contributed by atoms with Crippen LogP contribution in [0.15, 0.2) is 12.2 Å². The Morgan fingerprint density at radius 1 is 0.500 bits per heavy atom. The number of carboxylic acid groups (broad SMARTS) is 2. The third-order valence-corrected chi connectivity index (χ3v) is 5.13. The first kappa shape index (κ1) is 37.9. The van der Waals surface area contributed by atoms with Gasteiger partial charge in [-0.2, -0.15) is 0 Å². The van der Waals surface area contributed by atoms with E-state index in [9.17, 15) is 19.8 Å². The van der Waals surface area contributed by atoms with Gasteiger partial charge in [0.25, 0.3) is 0 Å². The molecule has 0 saturated heterocycles. The van der Waals surface area contributed by atoms with Gasteiger partial charge in [-0.15, -0.1) is 0 Å². The highest BCUT2D eigenvalue weighted by molar-refractivity contribution is 5.64. The zero-order chi connectivity index (χ0) is 22.7. The molecular weight excluding hydrogens is 404 g/mol. The number of rotatable bonds is 21. The number of carbonyl (C=O) groups is 2. The normalized spacial score (nSPS) is 10.1. The number of carbonyl (C=O) groups excluding carboxylic acids is 2. The lowest BCUT2D eigenvalue weighted by Crippen LogP contribution is -2.21. The van der Waals surface area contributed by atoms with Gasteiger partial charge in [0.05, 0.1) is 0 Å². The summed E-state index contributed by atoms with van der Waals surface area (Å²) in [5.41, 5.74) is 0. The number of aliphatic carboxylic acids is 2. The van der Waals surface area contributed by atoms with Crippen LogP contribution in [0.1, 0.15) is 142 Å². The molecule has 0 aromatic rings. The molecule has 194 valence electrons. The van der Waals surface area contributed by atoms with Crippen molar-refractivity contribution in [3.63, 3.8) is 0 Å². The molecule has 0 spiro atoms. The van der Waals surface area contributed by atoms with Crippen molar-refractivity contribution in [1.29, 1.82) is 0 Å². The molecule has 0 amide bonds. The van der Waals surface area contributed by atoms with E-state index in [4.69, 9.17) is 0 Å². The molecule has 0 aliphatic carbocycles. The molecule has 6 heteroatoms. The van der Waals surface area contributed by atoms with E-state index >= 15 is 0 Å². The number of allylic oxidation sites excluding steroid dienone is 2. The van der Waals surface area contributed by atoms with Crippen LogP contribution in [0.2, 0.25) is 0 Å². The van der Waals surface area contributed by atoms with Gasteiger partial charge in [0.1, 0.15) is 0 Å². The van der Waals surface area contributed by atoms with Gasteiger partial charge in [0.15, 0.2) is 0 Å². The minimum absolute atomic E-state index is 0. The first-order valence-electron chi connectivity index (χ1n) is 12.6. The first-order chi connectivity index (χ1) is 14.5. The molecule has 0 rings (SSSR count). The van der Waals surface area contributed by atoms with Crippen LogP contribution >= 0.6 is 0 Å². The van der Waals surface area contributed by atoms with Crippen molar-refractivity contribution in [2.45, 2.75) is 142 Å². The maximum atomic E-state index is 10.2. The highest BCUT2D eigenvalue weighted by Gasteiger charge is 1.91. The number of hydrogen-bond donors (Lipinski definition) is 2. The maximum Gasteiger partial charge on any atom is 0.0414 e. The predicted molar refractivity (Wildman–Crippen MR) is 135 cm³/mol. The van der Waals surface area contributed by atoms with Gasteiger partial charge in [-0.3, -0.25) is 0 Å². The predicted octanol–water partition coefficient (Wildman–Crippen LogP) is 6.62. The van der Waals surface area contributed by atoms with Crippen LogP contribution in [0.5, 0.6) is 0 Å². The summed E-state index contributed by atoms with van der Waals surface area (Å²) in [4.78, 5) is 20.1. The average Bonchev–Trinajstić information content (AvgIpc) is 2.71. The van der Waals surface area contributed by atoms with E-state index in [0.717, 1.165) is 38.5 Å². The Kier molecular flexibility index (Phi) is 40.5. The van der Waals surface area contributed by atoms with E-state index in [1.165, 1.54) is 77.0 Å². The molecule has 0 bridgehead atoms. The van der Waals surface area contributed by atoms with Gasteiger partial charge >= 0.3 is 0 Å². The summed E-state index contributed by atoms with van der Waals surface area (Å²) >= 11 is 0. The van der Waals surface area contributed by atoms with Gasteiger partial charge in [-0.1, -0.05) is 103 Å². The van der Waals surface area contributed by atoms with Crippen LogP contribution in [0, 0.1) is 0 Å². The largest absolute Gasteiger partial charge is 0.550 e. The summed E-state index contributed by atoms with van der Waals surface area (Å²) in [7, 11) is 0. The van der Waals surface area contributed by atoms with Gasteiger partial charge in [0, 0.05) is 11.9 Å². The van der Waals surface area contributed by atoms with Crippen molar-refractivity contribution in [2.24, 2.45) is 0 Å². The van der Waals surface area contributed by atoms with E-state index < -0.39 is 11.9 Å². The molecular formula is C26H56N2O4. The molecule has 0 aromatic heterocycles. The monoisotopic (exact) mass is 460 g/mol. The van der Waals surface area contributed by atoms with Crippen LogP contribution in [0.25, 0.3) is 0 Å². The molecule has 0 atom stereocenters. The SMILES string of the molecule is CCCCCCCC(=O)[O-].CCCCCCCC/C=C\CCCCCCCC(=O)[O-].[NH4+].[NH4+]. The number of hydrogen-bond acceptors (Lipinski definition) is 4. The lowest BCUT2D eigenvalue weighted by Gasteiger charge is -2.01. The van der Waals surface area contributed by atoms with E-state index in [1.54, 1.807) is 0 Å². The van der Waals surface area contributed by atoms with Crippen molar-refractivity contribution in [3.05, 3.63) is 12.2 Å². The fraction of sp³-hybridized carbons (Fsp3) is 0.846. The lowest BCUT2D eigenvalue weighted by molar-refractivity contribution is -0.307. The van der Waals surface area contributed by atoms with Crippen molar-refractivity contribution < 1.29 is 19.8 Å². The van der Waals surface area contributed by atoms with Crippen LogP contribution < -0.4 is 22.5 Å². The topological polar surface area (TPSA) is 153 Å². The van der Waals surface area contributed by atoms with E-state index in [1.807, 2.05) is 0 Å². The Morgan fingerprint density at radius 3 is 1.09 bits per heavy atom. The molecule has 0 aliphatic rings. The lowest BCUT2D eigenvalue weighted by atomic mass is 10.1. The summed E-state index contributed by atoms with van der Waals surface area (Å²) in [6, 6.07) is 0. The van der Waals surface area contributed by atoms with Crippen molar-refractivity contribution in [3.8, 4) is 0 Å². The first-order valence-corrected chi connectivity index (χ1v) is 12.6. The minimum Gasteiger partial charge on any atom is -0.550 e. The molecule has 8 N–H and O–H groups in total. The Hall–Kier alpha value is -1.40. The molecule has 0 unspecified atom stereocenters. The van der Waals surface area contributed by atoms with Gasteiger partial charge in [-0.05, 0) is 51.4 Å². The Labute approximate surface area is 198 Å². The zero-order valence-electron chi connectivity index (χ0n) is 21.9. The minimum atomic E-state index is -0.920. The fourth-order valence-electron chi connectivity index (χ4n) is 3.21. The van der Waals surface area contributed by atoms with E-state index in [2.05, 4.69) is 26.0 Å². The van der Waals surface area contributed by atoms with Crippen molar-refractivity contribution in [2.75, 3.05) is 0 Å². The van der Waals surface area contributed by atoms with Crippen LogP contribution in [0.4, 0.5) is 0 Å². The Balaban J connectivity index is -0.000000279. The standard InChI is InChI=1S/C18H34O2.C8H16O2.2H3N/c1-2-3-4-5-6-7-8-9-10-11-12-13-14-15-16-17-18(19)20;1-2-3-4-5-6-7-8(9)10;;/h9-10H,2-8,11-17H2,1H3,(H,19,20);2-7H2,1H3,(H,9,10);2*1H3/b10-9-;;;. The number of unbranched alkanes of at least 4 members (excludes halogenated alkanes) is 15. The van der Waals surface area contributed by atoms with Crippen LogP contribution in [-0.4, -0.2) is 11.9 Å². The molecule has 32 heavy (non-hydrogen) atoms. The molecule has 0 aliphatic heterocycles. The molecule has 0 saturated carbocycles. The third-order valence-electron chi connectivity index (χ3n) is 5.13. The second-order valence-corrected chi connectivity index (χ2v) is 8.24. The van der Waals surface area contributed by atoms with Crippen molar-refractivity contribution >= 4 is 11.9 Å². The summed E-state index contributed by atoms with van der Waals surface area (Å²) in [6.45, 7) is 4.39. The highest BCUT2D eigenvalue weighted by Crippen LogP contribution is 2.09. The maximum absolute atomic E-state index is 10.2. The molecule has 0 heterocycles. The van der Waals surface area contributed by atoms with Gasteiger partial charge in [-0.25, -0.2) is 0 Å². The smallest absolute Gasteiger partial charge is 0.0414 e. The summed E-state index contributed by atoms with van der Waals surface area (Å²) in [6.07, 6.45) is 26.5. The molecule has 0 radical (unpaired) electrons. The van der Waals surface area contributed by atoms with Gasteiger partial charge < -0.3 is 32.1 Å². The summed E-state index contributed by atoms with van der Waals surface area (Å²) < 4.78 is 0. The highest BCUT2D eigenvalue weighted by atomic mass is 16.4. The Morgan fingerprint density at radius 2 is 0.781 bits per heavy atom. The van der Waals surface area contributed by atoms with Crippen LogP contribution in [-0.2, 0) is 9.59 Å². The average molecular weight is 461 g/mol. The van der Waals surface area contributed by atoms with E-state index in [-0.39, 0.29) is 25.1 Å². The third kappa shape index (κ3) is 42.7. The molecule has 6 nitrogen and oxygen atoms in total. The Bertz CT molecular complexity index is 401. The van der Waals surface area contributed by atoms with E-state index in [0.29, 0.717) is 0 Å². The second kappa shape index (κ2) is 34.2. The summed E-state index contributed by atoms with van der Waals surface area (Å²) in [5, 5.41) is 20.1. The number of quaternary nitrogens is 2. The second-order valence-electron chi connectivity index (χ2n) is 8.24. The zero-order valence-corrected chi connectivity index (χ0v) is 21.9. The van der Waals surface area contributed by atoms with Crippen molar-refractivity contribution in [1.82, 2.24) is 12.3 Å². The van der Waals surface area contributed by atoms with Crippen LogP contribution in [0.3, 0.4) is 0 Å². The van der Waals surface area contributed by atoms with Gasteiger partial charge in [0.2, 0.25) is 0 Å². The fourth-order valence-corrected chi connectivity index (χ4v) is 3.21. The summed E-state index contributed by atoms with van der Waals surface area (Å²) in [5.74, 6) is -1.83. The molecule has 0 aromatic carbocycles. The quantitative estimate of drug-likeness (QED) is 0.146. The number of carboxylic acids is 2.